The van der Waals surface area contributed by atoms with E-state index in [1.165, 1.54) is 37.6 Å². The second-order valence-corrected chi connectivity index (χ2v) is 3.72. The van der Waals surface area contributed by atoms with Crippen molar-refractivity contribution in [1.82, 2.24) is 0 Å². The van der Waals surface area contributed by atoms with Gasteiger partial charge in [0.1, 0.15) is 19.0 Å². The quantitative estimate of drug-likeness (QED) is 0.182. The SMILES string of the molecule is C=COCCOc1ccc([N+](=O)[O-])cc1/C=C/C(=O)OC. The second kappa shape index (κ2) is 8.36. The Kier molecular flexibility index (Phi) is 6.46. The number of methoxy groups -OCH3 is 1. The number of esters is 1. The third kappa shape index (κ3) is 5.35. The van der Waals surface area contributed by atoms with Crippen molar-refractivity contribution in [2.24, 2.45) is 0 Å². The highest BCUT2D eigenvalue weighted by Crippen LogP contribution is 2.25. The second-order valence-electron chi connectivity index (χ2n) is 3.72. The predicted molar refractivity (Wildman–Crippen MR) is 75.8 cm³/mol. The van der Waals surface area contributed by atoms with Crippen LogP contribution < -0.4 is 4.74 Å². The van der Waals surface area contributed by atoms with E-state index in [1.54, 1.807) is 0 Å². The third-order valence-electron chi connectivity index (χ3n) is 2.38. The molecule has 0 radical (unpaired) electrons. The van der Waals surface area contributed by atoms with Crippen molar-refractivity contribution in [3.63, 3.8) is 0 Å². The molecule has 0 amide bonds. The number of ether oxygens (including phenoxy) is 3. The van der Waals surface area contributed by atoms with Crippen LogP contribution in [0.1, 0.15) is 5.56 Å². The topological polar surface area (TPSA) is 87.9 Å². The van der Waals surface area contributed by atoms with Crippen molar-refractivity contribution in [2.45, 2.75) is 0 Å². The highest BCUT2D eigenvalue weighted by atomic mass is 16.6. The molecular weight excluding hydrogens is 278 g/mol. The largest absolute Gasteiger partial charge is 0.498 e. The fourth-order valence-electron chi connectivity index (χ4n) is 1.42. The maximum Gasteiger partial charge on any atom is 0.330 e. The van der Waals surface area contributed by atoms with Crippen LogP contribution in [0.25, 0.3) is 6.08 Å². The number of rotatable bonds is 8. The molecule has 1 aromatic rings. The van der Waals surface area contributed by atoms with Gasteiger partial charge < -0.3 is 14.2 Å². The highest BCUT2D eigenvalue weighted by molar-refractivity contribution is 5.87. The minimum Gasteiger partial charge on any atom is -0.498 e. The first-order valence-corrected chi connectivity index (χ1v) is 5.98. The smallest absolute Gasteiger partial charge is 0.330 e. The fourth-order valence-corrected chi connectivity index (χ4v) is 1.42. The van der Waals surface area contributed by atoms with E-state index in [2.05, 4.69) is 11.3 Å². The summed E-state index contributed by atoms with van der Waals surface area (Å²) in [6, 6.07) is 4.09. The Bertz CT molecular complexity index is 552. The van der Waals surface area contributed by atoms with Gasteiger partial charge >= 0.3 is 5.97 Å². The first-order valence-electron chi connectivity index (χ1n) is 5.98. The van der Waals surface area contributed by atoms with Crippen LogP contribution in [0.5, 0.6) is 5.75 Å². The van der Waals surface area contributed by atoms with Gasteiger partial charge in [-0.15, -0.1) is 0 Å². The van der Waals surface area contributed by atoms with Crippen LogP contribution in [-0.2, 0) is 14.3 Å². The number of nitro benzene ring substituents is 1. The Labute approximate surface area is 121 Å². The molecule has 1 aromatic carbocycles. The maximum atomic E-state index is 11.1. The molecule has 0 saturated carbocycles. The van der Waals surface area contributed by atoms with Crippen molar-refractivity contribution in [3.8, 4) is 5.75 Å². The van der Waals surface area contributed by atoms with Crippen molar-refractivity contribution < 1.29 is 23.9 Å². The van der Waals surface area contributed by atoms with Crippen LogP contribution in [0, 0.1) is 10.1 Å². The third-order valence-corrected chi connectivity index (χ3v) is 2.38. The molecule has 0 aliphatic rings. The summed E-state index contributed by atoms with van der Waals surface area (Å²) in [4.78, 5) is 21.3. The molecule has 0 saturated heterocycles. The first-order chi connectivity index (χ1) is 10.1. The summed E-state index contributed by atoms with van der Waals surface area (Å²) < 4.78 is 14.8. The molecule has 7 heteroatoms. The number of hydrogen-bond acceptors (Lipinski definition) is 6. The van der Waals surface area contributed by atoms with Gasteiger partial charge in [-0.2, -0.15) is 0 Å². The van der Waals surface area contributed by atoms with Crippen molar-refractivity contribution >= 4 is 17.7 Å². The van der Waals surface area contributed by atoms with E-state index in [4.69, 9.17) is 9.47 Å². The van der Waals surface area contributed by atoms with E-state index in [1.807, 2.05) is 0 Å². The zero-order valence-electron chi connectivity index (χ0n) is 11.5. The molecule has 0 bridgehead atoms. The van der Waals surface area contributed by atoms with Crippen LogP contribution in [-0.4, -0.2) is 31.2 Å². The number of carbonyl (C=O) groups is 1. The number of benzene rings is 1. The van der Waals surface area contributed by atoms with Gasteiger partial charge in [-0.25, -0.2) is 4.79 Å². The molecule has 1 rings (SSSR count). The van der Waals surface area contributed by atoms with Gasteiger partial charge in [-0.05, 0) is 12.1 Å². The lowest BCUT2D eigenvalue weighted by Gasteiger charge is -2.09. The molecule has 7 nitrogen and oxygen atoms in total. The number of hydrogen-bond donors (Lipinski definition) is 0. The molecule has 21 heavy (non-hydrogen) atoms. The van der Waals surface area contributed by atoms with E-state index >= 15 is 0 Å². The van der Waals surface area contributed by atoms with Gasteiger partial charge in [0.2, 0.25) is 0 Å². The van der Waals surface area contributed by atoms with E-state index < -0.39 is 10.9 Å². The molecule has 0 aromatic heterocycles. The van der Waals surface area contributed by atoms with Gasteiger partial charge in [0, 0.05) is 23.8 Å². The van der Waals surface area contributed by atoms with Crippen molar-refractivity contribution in [1.29, 1.82) is 0 Å². The van der Waals surface area contributed by atoms with E-state index in [0.29, 0.717) is 17.9 Å². The molecule has 0 N–H and O–H groups in total. The molecule has 0 atom stereocenters. The molecule has 0 aliphatic heterocycles. The Morgan fingerprint density at radius 3 is 2.81 bits per heavy atom. The lowest BCUT2D eigenvalue weighted by atomic mass is 10.1. The first kappa shape index (κ1) is 16.2. The average molecular weight is 293 g/mol. The number of nitrogens with zero attached hydrogens (tertiary/aromatic N) is 1. The van der Waals surface area contributed by atoms with Gasteiger partial charge in [0.15, 0.2) is 0 Å². The minimum absolute atomic E-state index is 0.103. The standard InChI is InChI=1S/C14H15NO6/c1-3-20-8-9-21-13-6-5-12(15(17)18)10-11(13)4-7-14(16)19-2/h3-7,10H,1,8-9H2,2H3/b7-4+. The molecule has 0 fully saturated rings. The fraction of sp³-hybridized carbons (Fsp3) is 0.214. The van der Waals surface area contributed by atoms with Crippen LogP contribution in [0.4, 0.5) is 5.69 Å². The number of carbonyl (C=O) groups excluding carboxylic acids is 1. The van der Waals surface area contributed by atoms with Gasteiger partial charge in [-0.1, -0.05) is 6.58 Å². The summed E-state index contributed by atoms with van der Waals surface area (Å²) in [5, 5.41) is 10.8. The van der Waals surface area contributed by atoms with Gasteiger partial charge in [-0.3, -0.25) is 10.1 Å². The summed E-state index contributed by atoms with van der Waals surface area (Å²) in [5.74, 6) is -0.170. The Morgan fingerprint density at radius 1 is 1.43 bits per heavy atom. The molecule has 0 unspecified atom stereocenters. The summed E-state index contributed by atoms with van der Waals surface area (Å²) in [6.45, 7) is 3.93. The summed E-state index contributed by atoms with van der Waals surface area (Å²) >= 11 is 0. The van der Waals surface area contributed by atoms with Crippen molar-refractivity contribution in [2.75, 3.05) is 20.3 Å². The zero-order valence-corrected chi connectivity index (χ0v) is 11.5. The Morgan fingerprint density at radius 2 is 2.19 bits per heavy atom. The van der Waals surface area contributed by atoms with E-state index in [0.717, 1.165) is 6.08 Å². The Balaban J connectivity index is 2.93. The average Bonchev–Trinajstić information content (AvgIpc) is 2.49. The van der Waals surface area contributed by atoms with Crippen LogP contribution in [0.15, 0.2) is 37.1 Å². The van der Waals surface area contributed by atoms with Gasteiger partial charge in [0.05, 0.1) is 18.3 Å². The zero-order chi connectivity index (χ0) is 15.7. The minimum atomic E-state index is -0.567. The number of non-ortho nitro benzene ring substituents is 1. The highest BCUT2D eigenvalue weighted by Gasteiger charge is 2.10. The molecule has 112 valence electrons. The predicted octanol–water partition coefficient (Wildman–Crippen LogP) is 2.32. The van der Waals surface area contributed by atoms with Crippen LogP contribution in [0.2, 0.25) is 0 Å². The van der Waals surface area contributed by atoms with Crippen molar-refractivity contribution in [3.05, 3.63) is 52.8 Å². The van der Waals surface area contributed by atoms with Crippen LogP contribution in [0.3, 0.4) is 0 Å². The lowest BCUT2D eigenvalue weighted by Crippen LogP contribution is -2.05. The molecule has 0 aliphatic carbocycles. The Hall–Kier alpha value is -2.83. The molecule has 0 heterocycles. The monoisotopic (exact) mass is 293 g/mol. The summed E-state index contributed by atoms with van der Waals surface area (Å²) in [7, 11) is 1.24. The molecular formula is C14H15NO6. The van der Waals surface area contributed by atoms with Gasteiger partial charge in [0.25, 0.3) is 5.69 Å². The summed E-state index contributed by atoms with van der Waals surface area (Å²) in [6.07, 6.45) is 3.84. The molecule has 0 spiro atoms. The number of nitro groups is 1. The maximum absolute atomic E-state index is 11.1. The van der Waals surface area contributed by atoms with E-state index in [9.17, 15) is 14.9 Å². The summed E-state index contributed by atoms with van der Waals surface area (Å²) in [5.41, 5.74) is 0.294. The van der Waals surface area contributed by atoms with Crippen LogP contribution >= 0.6 is 0 Å². The normalized spacial score (nSPS) is 10.1. The lowest BCUT2D eigenvalue weighted by molar-refractivity contribution is -0.384. The van der Waals surface area contributed by atoms with E-state index in [-0.39, 0.29) is 12.3 Å².